The first-order valence-electron chi connectivity index (χ1n) is 23.0. The van der Waals surface area contributed by atoms with Crippen LogP contribution in [-0.2, 0) is 54.4 Å². The van der Waals surface area contributed by atoms with Crippen molar-refractivity contribution in [1.29, 1.82) is 0 Å². The van der Waals surface area contributed by atoms with E-state index in [1.807, 2.05) is 13.8 Å². The number of aromatic nitrogens is 2. The van der Waals surface area contributed by atoms with Crippen LogP contribution >= 0.6 is 0 Å². The van der Waals surface area contributed by atoms with Gasteiger partial charge in [0.05, 0.1) is 12.4 Å². The molecule has 67 heavy (non-hydrogen) atoms. The van der Waals surface area contributed by atoms with E-state index in [1.165, 1.54) is 12.5 Å². The molecule has 23 nitrogen and oxygen atoms in total. The van der Waals surface area contributed by atoms with Crippen LogP contribution in [0.25, 0.3) is 0 Å². The van der Waals surface area contributed by atoms with Crippen LogP contribution in [-0.4, -0.2) is 134 Å². The van der Waals surface area contributed by atoms with Crippen LogP contribution in [0.3, 0.4) is 0 Å². The number of carboxylic acid groups (broad SMARTS) is 1. The first kappa shape index (κ1) is 57.0. The van der Waals surface area contributed by atoms with Crippen molar-refractivity contribution in [2.24, 2.45) is 40.9 Å². The Morgan fingerprint density at radius 3 is 1.73 bits per heavy atom. The number of aromatic amines is 1. The van der Waals surface area contributed by atoms with Crippen LogP contribution in [0.2, 0.25) is 0 Å². The summed E-state index contributed by atoms with van der Waals surface area (Å²) in [5.74, 6) is -9.16. The van der Waals surface area contributed by atoms with Gasteiger partial charge >= 0.3 is 5.97 Å². The number of aliphatic carboxylic acids is 1. The highest BCUT2D eigenvalue weighted by atomic mass is 16.4. The molecule has 2 rings (SSSR count). The van der Waals surface area contributed by atoms with Crippen molar-refractivity contribution in [1.82, 2.24) is 46.8 Å². The molecular weight excluding hydrogens is 873 g/mol. The van der Waals surface area contributed by atoms with E-state index in [0.717, 1.165) is 4.90 Å². The summed E-state index contributed by atoms with van der Waals surface area (Å²) in [7, 11) is 0. The second-order valence-electron chi connectivity index (χ2n) is 18.5. The fourth-order valence-electron chi connectivity index (χ4n) is 7.55. The van der Waals surface area contributed by atoms with E-state index in [1.54, 1.807) is 41.5 Å². The molecular formula is C44H74N12O11. The van der Waals surface area contributed by atoms with Crippen molar-refractivity contribution in [2.75, 3.05) is 6.54 Å². The van der Waals surface area contributed by atoms with Gasteiger partial charge in [-0.1, -0.05) is 61.8 Å². The highest BCUT2D eigenvalue weighted by molar-refractivity contribution is 5.98. The lowest BCUT2D eigenvalue weighted by Gasteiger charge is -2.31. The predicted octanol–water partition coefficient (Wildman–Crippen LogP) is -1.41. The maximum absolute atomic E-state index is 14.2. The molecule has 0 aliphatic carbocycles. The highest BCUT2D eigenvalue weighted by Crippen LogP contribution is 2.20. The largest absolute Gasteiger partial charge is 0.480 e. The molecule has 1 aromatic heterocycles. The highest BCUT2D eigenvalue weighted by Gasteiger charge is 2.40. The number of likely N-dealkylation sites (tertiary alicyclic amines) is 1. The lowest BCUT2D eigenvalue weighted by molar-refractivity contribution is -0.149. The fourth-order valence-corrected chi connectivity index (χ4v) is 7.55. The van der Waals surface area contributed by atoms with Crippen molar-refractivity contribution < 1.29 is 53.1 Å². The van der Waals surface area contributed by atoms with Crippen molar-refractivity contribution >= 4 is 59.1 Å². The summed E-state index contributed by atoms with van der Waals surface area (Å²) >= 11 is 0. The van der Waals surface area contributed by atoms with Crippen molar-refractivity contribution in [2.45, 2.75) is 168 Å². The van der Waals surface area contributed by atoms with Gasteiger partial charge in [0.1, 0.15) is 42.3 Å². The number of hydrogen-bond acceptors (Lipinski definition) is 12. The molecule has 14 N–H and O–H groups in total. The maximum Gasteiger partial charge on any atom is 0.326 e. The number of hydrogen-bond donors (Lipinski definition) is 11. The number of rotatable bonds is 29. The first-order valence-corrected chi connectivity index (χ1v) is 23.0. The van der Waals surface area contributed by atoms with Gasteiger partial charge in [0.25, 0.3) is 0 Å². The van der Waals surface area contributed by atoms with E-state index >= 15 is 0 Å². The number of imidazole rings is 1. The Labute approximate surface area is 391 Å². The van der Waals surface area contributed by atoms with Gasteiger partial charge in [0, 0.05) is 37.7 Å². The van der Waals surface area contributed by atoms with Gasteiger partial charge in [-0.2, -0.15) is 0 Å². The minimum absolute atomic E-state index is 0.0608. The molecule has 9 amide bonds. The van der Waals surface area contributed by atoms with Crippen LogP contribution in [0.4, 0.5) is 0 Å². The van der Waals surface area contributed by atoms with Crippen molar-refractivity contribution in [3.63, 3.8) is 0 Å². The van der Waals surface area contributed by atoms with Crippen LogP contribution in [0.1, 0.15) is 119 Å². The quantitative estimate of drug-likeness (QED) is 0.0440. The summed E-state index contributed by atoms with van der Waals surface area (Å²) in [6.45, 7) is 14.3. The first-order chi connectivity index (χ1) is 31.4. The molecule has 376 valence electrons. The molecule has 0 saturated carbocycles. The molecule has 23 heteroatoms. The van der Waals surface area contributed by atoms with Crippen LogP contribution in [0.5, 0.6) is 0 Å². The molecule has 1 aromatic rings. The third kappa shape index (κ3) is 18.9. The zero-order valence-electron chi connectivity index (χ0n) is 40.0. The van der Waals surface area contributed by atoms with E-state index in [4.69, 9.17) is 17.2 Å². The Bertz CT molecular complexity index is 1880. The van der Waals surface area contributed by atoms with E-state index in [9.17, 15) is 53.1 Å². The van der Waals surface area contributed by atoms with E-state index in [-0.39, 0.29) is 63.3 Å². The third-order valence-corrected chi connectivity index (χ3v) is 11.5. The van der Waals surface area contributed by atoms with Gasteiger partial charge in [-0.25, -0.2) is 9.78 Å². The summed E-state index contributed by atoms with van der Waals surface area (Å²) < 4.78 is 0. The van der Waals surface area contributed by atoms with Crippen LogP contribution < -0.4 is 49.1 Å². The number of nitrogens with zero attached hydrogens (tertiary/aromatic N) is 2. The molecule has 0 unspecified atom stereocenters. The molecule has 0 aromatic carbocycles. The van der Waals surface area contributed by atoms with Crippen LogP contribution in [0, 0.1) is 23.7 Å². The van der Waals surface area contributed by atoms with Gasteiger partial charge in [-0.3, -0.25) is 43.2 Å². The summed E-state index contributed by atoms with van der Waals surface area (Å²) in [5, 5.41) is 25.6. The summed E-state index contributed by atoms with van der Waals surface area (Å²) in [4.78, 5) is 140. The SMILES string of the molecule is CC[C@H](C)[C@H](NC(=O)[C@@H](NC(=O)[C@H](Cc1cnc[nH]1)NC(=O)[C@H](CCC(N)=O)NC(=O)[C@@H](N)CC(C)C)C(C)C)C(=O)N[C@@H](CC(C)C)C(=O)N[C@@H](CCC(N)=O)C(=O)N1CCC[C@H]1C(=O)O. The molecule has 9 atom stereocenters. The predicted molar refractivity (Wildman–Crippen MR) is 244 cm³/mol. The summed E-state index contributed by atoms with van der Waals surface area (Å²) in [6.07, 6.45) is 3.09. The average molecular weight is 947 g/mol. The Morgan fingerprint density at radius 1 is 0.701 bits per heavy atom. The Kier molecular flexibility index (Phi) is 23.4. The number of nitrogens with one attached hydrogen (secondary N) is 7. The van der Waals surface area contributed by atoms with Crippen molar-refractivity contribution in [3.05, 3.63) is 18.2 Å². The van der Waals surface area contributed by atoms with Gasteiger partial charge in [-0.05, 0) is 62.2 Å². The smallest absolute Gasteiger partial charge is 0.326 e. The van der Waals surface area contributed by atoms with Gasteiger partial charge in [0.15, 0.2) is 0 Å². The second kappa shape index (κ2) is 27.5. The minimum Gasteiger partial charge on any atom is -0.480 e. The molecule has 0 spiro atoms. The molecule has 1 saturated heterocycles. The summed E-state index contributed by atoms with van der Waals surface area (Å²) in [5.41, 5.74) is 17.2. The standard InChI is InChI=1S/C44H74N12O11/c1-9-25(8)36(42(64)53-30(18-23(4)5)39(61)51-29(13-15-34(47)58)43(65)56-16-10-11-32(56)44(66)67)55-41(63)35(24(6)7)54-40(62)31(19-26-20-48-21-49-26)52-38(60)28(12-14-33(46)57)50-37(59)27(45)17-22(2)3/h20-25,27-32,35-36H,9-19,45H2,1-8H3,(H2,46,57)(H2,47,58)(H,48,49)(H,50,59)(H,51,61)(H,52,60)(H,53,64)(H,54,62)(H,55,63)(H,66,67)/t25-,27-,28-,29-,30-,31-,32-,35-,36-/m0/s1. The van der Waals surface area contributed by atoms with Gasteiger partial charge in [0.2, 0.25) is 53.2 Å². The van der Waals surface area contributed by atoms with Crippen molar-refractivity contribution in [3.8, 4) is 0 Å². The number of amides is 9. The number of carbonyl (C=O) groups excluding carboxylic acids is 9. The minimum atomic E-state index is -1.36. The summed E-state index contributed by atoms with van der Waals surface area (Å²) in [6, 6.07) is -9.85. The Morgan fingerprint density at radius 2 is 1.21 bits per heavy atom. The zero-order chi connectivity index (χ0) is 50.7. The molecule has 1 fully saturated rings. The molecule has 0 radical (unpaired) electrons. The van der Waals surface area contributed by atoms with E-state index in [0.29, 0.717) is 25.0 Å². The number of nitrogens with two attached hydrogens (primary N) is 3. The van der Waals surface area contributed by atoms with E-state index in [2.05, 4.69) is 41.9 Å². The fraction of sp³-hybridized carbons (Fsp3) is 0.705. The Hall–Kier alpha value is -6.13. The van der Waals surface area contributed by atoms with Crippen LogP contribution in [0.15, 0.2) is 12.5 Å². The van der Waals surface area contributed by atoms with Gasteiger partial charge in [-0.15, -0.1) is 0 Å². The topological polar surface area (TPSA) is 373 Å². The number of carbonyl (C=O) groups is 10. The Balaban J connectivity index is 2.38. The molecule has 2 heterocycles. The third-order valence-electron chi connectivity index (χ3n) is 11.5. The number of carboxylic acids is 1. The molecule has 0 bridgehead atoms. The number of H-pyrrole nitrogens is 1. The average Bonchev–Trinajstić information content (AvgIpc) is 3.96. The molecule has 1 aliphatic heterocycles. The molecule has 1 aliphatic rings. The normalized spacial score (nSPS) is 17.3. The number of primary amides is 2. The van der Waals surface area contributed by atoms with E-state index < -0.39 is 119 Å². The van der Waals surface area contributed by atoms with Gasteiger partial charge < -0.3 is 64.1 Å². The zero-order valence-corrected chi connectivity index (χ0v) is 40.0. The lowest BCUT2D eigenvalue weighted by atomic mass is 9.95. The maximum atomic E-state index is 14.2. The monoisotopic (exact) mass is 947 g/mol. The lowest BCUT2D eigenvalue weighted by Crippen LogP contribution is -2.62. The second-order valence-corrected chi connectivity index (χ2v) is 18.5.